The Morgan fingerprint density at radius 2 is 1.94 bits per heavy atom. The van der Waals surface area contributed by atoms with Gasteiger partial charge >= 0.3 is 0 Å². The van der Waals surface area contributed by atoms with Gasteiger partial charge in [-0.1, -0.05) is 18.2 Å². The Balaban J connectivity index is 1.45. The van der Waals surface area contributed by atoms with E-state index < -0.39 is 24.2 Å². The molecule has 0 unspecified atom stereocenters. The number of halogens is 2. The lowest BCUT2D eigenvalue weighted by Gasteiger charge is -2.46. The van der Waals surface area contributed by atoms with Crippen LogP contribution in [0.2, 0.25) is 0 Å². The summed E-state index contributed by atoms with van der Waals surface area (Å²) in [7, 11) is 0. The van der Waals surface area contributed by atoms with Crippen molar-refractivity contribution in [1.82, 2.24) is 15.0 Å². The zero-order chi connectivity index (χ0) is 23.9. The molecule has 1 amide bonds. The lowest BCUT2D eigenvalue weighted by Crippen LogP contribution is -2.50. The van der Waals surface area contributed by atoms with Gasteiger partial charge in [0.2, 0.25) is 5.69 Å². The van der Waals surface area contributed by atoms with Crippen LogP contribution in [0.5, 0.6) is 0 Å². The van der Waals surface area contributed by atoms with Crippen molar-refractivity contribution in [3.05, 3.63) is 94.7 Å². The number of fused-ring (bicyclic) bond motifs is 1. The van der Waals surface area contributed by atoms with E-state index in [1.165, 1.54) is 6.20 Å². The number of pyridine rings is 1. The van der Waals surface area contributed by atoms with E-state index in [9.17, 15) is 13.6 Å². The highest BCUT2D eigenvalue weighted by Gasteiger charge is 2.60. The number of carbonyl (C=O) groups excluding carboxylic acids is 1. The molecule has 2 aromatic carbocycles. The summed E-state index contributed by atoms with van der Waals surface area (Å²) in [6.45, 7) is 7.13. The summed E-state index contributed by atoms with van der Waals surface area (Å²) in [6.07, 6.45) is 0.533. The molecule has 7 nitrogen and oxygen atoms in total. The van der Waals surface area contributed by atoms with Gasteiger partial charge in [-0.3, -0.25) is 4.79 Å². The molecule has 1 aliphatic carbocycles. The lowest BCUT2D eigenvalue weighted by molar-refractivity contribution is -0.115. The number of hydrogen-bond donors (Lipinski definition) is 2. The Labute approximate surface area is 192 Å². The number of amides is 1. The van der Waals surface area contributed by atoms with E-state index in [2.05, 4.69) is 25.1 Å². The average molecular weight is 454 g/mol. The summed E-state index contributed by atoms with van der Waals surface area (Å²) < 4.78 is 28.2. The lowest BCUT2D eigenvalue weighted by atomic mass is 9.61. The third kappa shape index (κ3) is 3.63. The SMILES string of the molecule is [C-]#[N+]c1cnc2nc(C3(c4ccc(C(=O)Nc5cccc(C#N)c5)cc4)CC(F)(F)C3)[nH]c2c1. The third-order valence-corrected chi connectivity index (χ3v) is 5.98. The van der Waals surface area contributed by atoms with Crippen molar-refractivity contribution in [3.8, 4) is 6.07 Å². The molecule has 2 N–H and O–H groups in total. The zero-order valence-electron chi connectivity index (χ0n) is 17.6. The van der Waals surface area contributed by atoms with E-state index in [-0.39, 0.29) is 5.91 Å². The third-order valence-electron chi connectivity index (χ3n) is 5.98. The van der Waals surface area contributed by atoms with Crippen molar-refractivity contribution in [2.24, 2.45) is 0 Å². The first-order valence-corrected chi connectivity index (χ1v) is 10.4. The minimum absolute atomic E-state index is 0.325. The number of alkyl halides is 2. The van der Waals surface area contributed by atoms with Crippen molar-refractivity contribution >= 4 is 28.4 Å². The molecule has 0 aliphatic heterocycles. The van der Waals surface area contributed by atoms with E-state index in [1.54, 1.807) is 54.6 Å². The molecule has 2 aromatic heterocycles. The van der Waals surface area contributed by atoms with Crippen molar-refractivity contribution in [2.75, 3.05) is 5.32 Å². The molecule has 166 valence electrons. The largest absolute Gasteiger partial charge is 0.341 e. The second kappa shape index (κ2) is 7.75. The second-order valence-electron chi connectivity index (χ2n) is 8.28. The molecule has 9 heteroatoms. The standard InChI is InChI=1S/C25H16F2N6O/c1-29-19-10-20-21(30-12-19)33-23(32-20)24(13-25(26,27)14-24)17-7-5-16(6-8-17)22(34)31-18-4-2-3-15(9-18)11-28/h2-10,12H,13-14H2,(H,31,34)(H,30,32,33). The van der Waals surface area contributed by atoms with Gasteiger partial charge in [0.05, 0.1) is 29.1 Å². The van der Waals surface area contributed by atoms with Crippen LogP contribution in [-0.4, -0.2) is 26.8 Å². The fraction of sp³-hybridized carbons (Fsp3) is 0.160. The van der Waals surface area contributed by atoms with Gasteiger partial charge in [-0.15, -0.1) is 0 Å². The molecule has 0 radical (unpaired) electrons. The number of nitrogens with one attached hydrogen (secondary N) is 2. The summed E-state index contributed by atoms with van der Waals surface area (Å²) in [4.78, 5) is 27.7. The first-order chi connectivity index (χ1) is 16.3. The summed E-state index contributed by atoms with van der Waals surface area (Å²) >= 11 is 0. The molecule has 1 saturated carbocycles. The molecular weight excluding hydrogens is 438 g/mol. The van der Waals surface area contributed by atoms with E-state index >= 15 is 0 Å². The van der Waals surface area contributed by atoms with E-state index in [0.29, 0.717) is 45.1 Å². The molecule has 0 bridgehead atoms. The van der Waals surface area contributed by atoms with E-state index in [1.807, 2.05) is 6.07 Å². The van der Waals surface area contributed by atoms with Crippen LogP contribution < -0.4 is 5.32 Å². The van der Waals surface area contributed by atoms with Crippen LogP contribution in [0.4, 0.5) is 20.2 Å². The first kappa shape index (κ1) is 21.2. The Bertz CT molecular complexity index is 1500. The van der Waals surface area contributed by atoms with Crippen molar-refractivity contribution in [2.45, 2.75) is 24.2 Å². The highest BCUT2D eigenvalue weighted by molar-refractivity contribution is 6.04. The molecule has 4 aromatic rings. The maximum absolute atomic E-state index is 14.1. The van der Waals surface area contributed by atoms with E-state index in [4.69, 9.17) is 11.8 Å². The smallest absolute Gasteiger partial charge is 0.255 e. The summed E-state index contributed by atoms with van der Waals surface area (Å²) in [5.74, 6) is -2.86. The van der Waals surface area contributed by atoms with Gasteiger partial charge in [-0.25, -0.2) is 23.6 Å². The normalized spacial score (nSPS) is 15.6. The second-order valence-corrected chi connectivity index (χ2v) is 8.28. The fourth-order valence-corrected chi connectivity index (χ4v) is 4.33. The molecule has 0 saturated heterocycles. The van der Waals surface area contributed by atoms with Crippen molar-refractivity contribution in [1.29, 1.82) is 5.26 Å². The monoisotopic (exact) mass is 454 g/mol. The molecular formula is C25H16F2N6O. The highest BCUT2D eigenvalue weighted by Crippen LogP contribution is 2.56. The van der Waals surface area contributed by atoms with Crippen LogP contribution in [0.15, 0.2) is 60.8 Å². The maximum Gasteiger partial charge on any atom is 0.255 e. The summed E-state index contributed by atoms with van der Waals surface area (Å²) in [5.41, 5.74) is 1.99. The molecule has 34 heavy (non-hydrogen) atoms. The zero-order valence-corrected chi connectivity index (χ0v) is 17.6. The molecule has 0 atom stereocenters. The Hall–Kier alpha value is -4.63. The number of benzene rings is 2. The van der Waals surface area contributed by atoms with Crippen LogP contribution in [0, 0.1) is 17.9 Å². The first-order valence-electron chi connectivity index (χ1n) is 10.4. The van der Waals surface area contributed by atoms with Gasteiger partial charge in [0.1, 0.15) is 5.82 Å². The van der Waals surface area contributed by atoms with Crippen LogP contribution in [0.3, 0.4) is 0 Å². The van der Waals surface area contributed by atoms with Crippen LogP contribution in [0.1, 0.15) is 40.2 Å². The van der Waals surface area contributed by atoms with Crippen LogP contribution >= 0.6 is 0 Å². The molecule has 1 fully saturated rings. The number of nitrogens with zero attached hydrogens (tertiary/aromatic N) is 4. The van der Waals surface area contributed by atoms with Gasteiger partial charge in [-0.05, 0) is 42.0 Å². The number of aromatic nitrogens is 3. The predicted molar refractivity (Wildman–Crippen MR) is 121 cm³/mol. The van der Waals surface area contributed by atoms with Gasteiger partial charge < -0.3 is 10.3 Å². The van der Waals surface area contributed by atoms with E-state index in [0.717, 1.165) is 0 Å². The van der Waals surface area contributed by atoms with Gasteiger partial charge in [-0.2, -0.15) is 5.26 Å². The van der Waals surface area contributed by atoms with Crippen LogP contribution in [-0.2, 0) is 5.41 Å². The number of rotatable bonds is 4. The molecule has 2 heterocycles. The quantitative estimate of drug-likeness (QED) is 0.406. The highest BCUT2D eigenvalue weighted by atomic mass is 19.3. The van der Waals surface area contributed by atoms with Gasteiger partial charge in [0, 0.05) is 30.3 Å². The fourth-order valence-electron chi connectivity index (χ4n) is 4.33. The number of H-pyrrole nitrogens is 1. The number of carbonyl (C=O) groups is 1. The Morgan fingerprint density at radius 3 is 2.62 bits per heavy atom. The summed E-state index contributed by atoms with van der Waals surface area (Å²) in [5, 5.41) is 11.7. The topological polar surface area (TPSA) is 98.8 Å². The Kier molecular flexibility index (Phi) is 4.84. The molecule has 1 aliphatic rings. The van der Waals surface area contributed by atoms with Gasteiger partial charge in [0.25, 0.3) is 11.8 Å². The predicted octanol–water partition coefficient (Wildman–Crippen LogP) is 5.35. The number of imidazole rings is 1. The Morgan fingerprint density at radius 1 is 1.18 bits per heavy atom. The molecule has 5 rings (SSSR count). The summed E-state index contributed by atoms with van der Waals surface area (Å²) in [6, 6.07) is 16.6. The minimum Gasteiger partial charge on any atom is -0.341 e. The average Bonchev–Trinajstić information content (AvgIpc) is 3.26. The molecule has 0 spiro atoms. The number of aromatic amines is 1. The van der Waals surface area contributed by atoms with Gasteiger partial charge in [0.15, 0.2) is 5.65 Å². The van der Waals surface area contributed by atoms with Crippen molar-refractivity contribution < 1.29 is 13.6 Å². The number of hydrogen-bond acceptors (Lipinski definition) is 4. The van der Waals surface area contributed by atoms with Crippen molar-refractivity contribution in [3.63, 3.8) is 0 Å². The number of anilines is 1. The maximum atomic E-state index is 14.1. The van der Waals surface area contributed by atoms with Crippen LogP contribution in [0.25, 0.3) is 16.0 Å². The minimum atomic E-state index is -2.84. The number of nitriles is 1.